The number of phenols is 1. The summed E-state index contributed by atoms with van der Waals surface area (Å²) >= 11 is 2.21. The molecule has 3 atom stereocenters. The lowest BCUT2D eigenvalue weighted by Crippen LogP contribution is -2.38. The van der Waals surface area contributed by atoms with E-state index in [0.29, 0.717) is 66.1 Å². The number of rotatable bonds is 13. The second kappa shape index (κ2) is 24.9. The van der Waals surface area contributed by atoms with Gasteiger partial charge in [-0.3, -0.25) is 24.0 Å². The predicted molar refractivity (Wildman–Crippen MR) is 291 cm³/mol. The largest absolute Gasteiger partial charge is 0.507 e. The molecule has 1 spiro atoms. The molecule has 6 aromatic rings. The Bertz CT molecular complexity index is 2870. The Labute approximate surface area is 436 Å². The average molecular weight is 1090 g/mol. The predicted octanol–water partition coefficient (Wildman–Crippen LogP) is 11.7. The summed E-state index contributed by atoms with van der Waals surface area (Å²) in [5.74, 6) is 0.110. The number of benzene rings is 6. The highest BCUT2D eigenvalue weighted by atomic mass is 127. The summed E-state index contributed by atoms with van der Waals surface area (Å²) < 4.78 is 18.3. The van der Waals surface area contributed by atoms with Crippen LogP contribution in [-0.4, -0.2) is 70.6 Å². The summed E-state index contributed by atoms with van der Waals surface area (Å²) in [6.45, 7) is 16.5. The van der Waals surface area contributed by atoms with Crippen molar-refractivity contribution in [2.24, 2.45) is 0 Å². The lowest BCUT2D eigenvalue weighted by molar-refractivity contribution is -0.143. The molecule has 2 aliphatic rings. The van der Waals surface area contributed by atoms with Crippen LogP contribution in [0.4, 0.5) is 0 Å². The van der Waals surface area contributed by atoms with Crippen molar-refractivity contribution in [1.82, 2.24) is 10.6 Å². The summed E-state index contributed by atoms with van der Waals surface area (Å²) in [6.07, 6.45) is 4.23. The van der Waals surface area contributed by atoms with Gasteiger partial charge in [-0.1, -0.05) is 116 Å². The van der Waals surface area contributed by atoms with E-state index in [1.54, 1.807) is 18.2 Å². The van der Waals surface area contributed by atoms with Gasteiger partial charge in [-0.15, -0.1) is 0 Å². The number of hydrogen-bond acceptors (Lipinski definition) is 9. The SMILES string of the molecule is C.Cc1cc(C)c(C(=O)NC[C@H](C)Oc2cccc(O[C@@H](C)CNC(=O)c3c(C)cc(C)cc3C)c2I)c(C)c1.O=C(O)CCc1ccc2ccccc2c1O.O=C1CC[C@@]2(C=Cc3ccccc3C2=O)O1. The van der Waals surface area contributed by atoms with Crippen LogP contribution in [0.25, 0.3) is 16.8 Å². The molecule has 13 heteroatoms. The van der Waals surface area contributed by atoms with Gasteiger partial charge in [-0.05, 0) is 141 Å². The smallest absolute Gasteiger partial charge is 0.307 e. The van der Waals surface area contributed by atoms with E-state index >= 15 is 0 Å². The van der Waals surface area contributed by atoms with Gasteiger partial charge in [0.15, 0.2) is 5.60 Å². The number of fused-ring (bicyclic) bond motifs is 2. The number of ketones is 1. The highest BCUT2D eigenvalue weighted by molar-refractivity contribution is 14.1. The number of carboxylic acid groups (broad SMARTS) is 1. The lowest BCUT2D eigenvalue weighted by Gasteiger charge is -2.26. The molecule has 1 saturated heterocycles. The van der Waals surface area contributed by atoms with Crippen LogP contribution in [-0.2, 0) is 20.7 Å². The second-order valence-corrected chi connectivity index (χ2v) is 19.3. The summed E-state index contributed by atoms with van der Waals surface area (Å²) in [7, 11) is 0. The molecule has 0 unspecified atom stereocenters. The van der Waals surface area contributed by atoms with Crippen LogP contribution in [0.15, 0.2) is 109 Å². The van der Waals surface area contributed by atoms with Crippen molar-refractivity contribution >= 4 is 69.0 Å². The molecule has 12 nitrogen and oxygen atoms in total. The zero-order valence-electron chi connectivity index (χ0n) is 41.4. The molecule has 72 heavy (non-hydrogen) atoms. The van der Waals surface area contributed by atoms with E-state index in [9.17, 15) is 29.1 Å². The number of carboxylic acids is 1. The standard InChI is InChI=1S/C32H39IN2O4.C13H10O3.C13H12O3.CH4/c1-18-12-20(3)28(21(4)13-18)31(36)34-16-24(7)38-26-10-9-11-27(30(26)33)39-25(8)17-35-32(37)29-22(5)14-19(2)15-23(29)6;14-11-6-8-13(16-11)7-5-9-3-1-2-4-10(9)12(13)15;14-12(15)8-7-10-6-5-9-3-1-2-4-11(9)13(10)16;/h9-15,24-25H,16-17H2,1-8H3,(H,34,36)(H,35,37);1-5,7H,6,8H2;1-6,16H,7-8H2,(H,14,15);1H4/t24-,25-;13-;;/m01../s1. The fourth-order valence-corrected chi connectivity index (χ4v) is 9.52. The molecule has 2 amide bonds. The minimum Gasteiger partial charge on any atom is -0.507 e. The molecule has 1 fully saturated rings. The third-order valence-corrected chi connectivity index (χ3v) is 13.3. The maximum Gasteiger partial charge on any atom is 0.307 e. The Kier molecular flexibility index (Phi) is 19.3. The molecule has 0 radical (unpaired) electrons. The van der Waals surface area contributed by atoms with Gasteiger partial charge in [0.25, 0.3) is 11.8 Å². The molecule has 6 aromatic carbocycles. The van der Waals surface area contributed by atoms with Crippen LogP contribution in [0.5, 0.6) is 17.2 Å². The number of esters is 1. The van der Waals surface area contributed by atoms with Crippen molar-refractivity contribution in [2.75, 3.05) is 13.1 Å². The summed E-state index contributed by atoms with van der Waals surface area (Å²) in [5.41, 5.74) is 8.76. The topological polar surface area (TPSA) is 178 Å². The third kappa shape index (κ3) is 13.9. The van der Waals surface area contributed by atoms with E-state index in [1.807, 2.05) is 152 Å². The highest BCUT2D eigenvalue weighted by Crippen LogP contribution is 2.37. The van der Waals surface area contributed by atoms with Crippen LogP contribution < -0.4 is 20.1 Å². The number of amides is 2. The van der Waals surface area contributed by atoms with E-state index in [2.05, 4.69) is 33.2 Å². The molecule has 8 rings (SSSR count). The van der Waals surface area contributed by atoms with E-state index in [-0.39, 0.29) is 55.4 Å². The Morgan fingerprint density at radius 1 is 0.722 bits per heavy atom. The third-order valence-electron chi connectivity index (χ3n) is 12.2. The van der Waals surface area contributed by atoms with Crippen LogP contribution in [0.3, 0.4) is 0 Å². The van der Waals surface area contributed by atoms with E-state index in [0.717, 1.165) is 53.3 Å². The van der Waals surface area contributed by atoms with Gasteiger partial charge in [-0.2, -0.15) is 0 Å². The Balaban J connectivity index is 0.000000237. The molecular weight excluding hydrogens is 1020 g/mol. The molecule has 1 heterocycles. The quantitative estimate of drug-likeness (QED) is 0.0643. The Morgan fingerprint density at radius 3 is 1.75 bits per heavy atom. The summed E-state index contributed by atoms with van der Waals surface area (Å²) in [4.78, 5) is 59.6. The first-order chi connectivity index (χ1) is 33.8. The van der Waals surface area contributed by atoms with Crippen molar-refractivity contribution < 1.29 is 48.4 Å². The first-order valence-electron chi connectivity index (χ1n) is 23.6. The van der Waals surface area contributed by atoms with Gasteiger partial charge < -0.3 is 35.1 Å². The number of aryl methyl sites for hydroxylation is 7. The van der Waals surface area contributed by atoms with Crippen molar-refractivity contribution in [2.45, 2.75) is 106 Å². The monoisotopic (exact) mass is 1090 g/mol. The lowest BCUT2D eigenvalue weighted by atomic mass is 9.83. The minimum absolute atomic E-state index is 0. The van der Waals surface area contributed by atoms with E-state index in [4.69, 9.17) is 19.3 Å². The summed E-state index contributed by atoms with van der Waals surface area (Å²) in [6, 6.07) is 32.3. The average Bonchev–Trinajstić information content (AvgIpc) is 3.70. The van der Waals surface area contributed by atoms with Gasteiger partial charge >= 0.3 is 11.9 Å². The number of hydrogen-bond donors (Lipinski definition) is 4. The molecule has 0 bridgehead atoms. The van der Waals surface area contributed by atoms with Crippen molar-refractivity contribution in [3.63, 3.8) is 0 Å². The number of nitrogens with one attached hydrogen (secondary N) is 2. The maximum atomic E-state index is 12.8. The minimum atomic E-state index is -1.02. The van der Waals surface area contributed by atoms with Gasteiger partial charge in [0.2, 0.25) is 5.78 Å². The zero-order chi connectivity index (χ0) is 51.6. The number of Topliss-reactive ketones (excluding diaryl/α,β-unsaturated/α-hetero) is 1. The van der Waals surface area contributed by atoms with E-state index in [1.165, 1.54) is 0 Å². The fourth-order valence-electron chi connectivity index (χ4n) is 8.91. The van der Waals surface area contributed by atoms with Gasteiger partial charge in [0.05, 0.1) is 23.1 Å². The fraction of sp³-hybridized carbons (Fsp3) is 0.305. The van der Waals surface area contributed by atoms with Crippen molar-refractivity contribution in [3.05, 3.63) is 174 Å². The first kappa shape index (κ1) is 55.9. The van der Waals surface area contributed by atoms with E-state index < -0.39 is 11.6 Å². The maximum absolute atomic E-state index is 12.8. The number of aliphatic carboxylic acids is 1. The molecule has 4 N–H and O–H groups in total. The van der Waals surface area contributed by atoms with Gasteiger partial charge in [-0.25, -0.2) is 0 Å². The zero-order valence-corrected chi connectivity index (χ0v) is 43.6. The normalized spacial score (nSPS) is 15.1. The number of phenolic OH excluding ortho intramolecular Hbond substituents is 1. The number of ether oxygens (including phenoxy) is 3. The Morgan fingerprint density at radius 2 is 1.24 bits per heavy atom. The number of aromatic hydroxyl groups is 1. The molecule has 0 aromatic heterocycles. The molecule has 1 aliphatic carbocycles. The highest BCUT2D eigenvalue weighted by Gasteiger charge is 2.47. The molecule has 378 valence electrons. The van der Waals surface area contributed by atoms with Crippen molar-refractivity contribution in [3.8, 4) is 17.2 Å². The van der Waals surface area contributed by atoms with Crippen molar-refractivity contribution in [1.29, 1.82) is 0 Å². The molecule has 0 saturated carbocycles. The first-order valence-corrected chi connectivity index (χ1v) is 24.6. The number of carbonyl (C=O) groups excluding carboxylic acids is 4. The second-order valence-electron chi connectivity index (χ2n) is 18.2. The molecular formula is C59H65IN2O10. The van der Waals surface area contributed by atoms with Crippen LogP contribution in [0.2, 0.25) is 0 Å². The number of carbonyl (C=O) groups is 5. The Hall–Kier alpha value is -7.00. The number of halogens is 1. The summed E-state index contributed by atoms with van der Waals surface area (Å²) in [5, 5.41) is 26.3. The van der Waals surface area contributed by atoms with Crippen LogP contribution >= 0.6 is 22.6 Å². The van der Waals surface area contributed by atoms with Gasteiger partial charge in [0.1, 0.15) is 29.5 Å². The van der Waals surface area contributed by atoms with Crippen LogP contribution in [0.1, 0.15) is 116 Å². The molecule has 1 aliphatic heterocycles. The van der Waals surface area contributed by atoms with Crippen LogP contribution in [0, 0.1) is 45.1 Å². The van der Waals surface area contributed by atoms with Gasteiger partial charge in [0, 0.05) is 34.9 Å².